The first-order valence-electron chi connectivity index (χ1n) is 20.2. The summed E-state index contributed by atoms with van der Waals surface area (Å²) in [5, 5.41) is 0. The van der Waals surface area contributed by atoms with E-state index < -0.39 is 21.5 Å². The van der Waals surface area contributed by atoms with Crippen molar-refractivity contribution in [3.63, 3.8) is 0 Å². The molecule has 2 atom stereocenters. The monoisotopic (exact) mass is 853 g/mol. The van der Waals surface area contributed by atoms with E-state index in [1.165, 1.54) is 77.9 Å². The Bertz CT molecular complexity index is 2160. The second-order valence-corrected chi connectivity index (χ2v) is 63.7. The molecule has 0 aliphatic heterocycles. The zero-order chi connectivity index (χ0) is 40.2. The van der Waals surface area contributed by atoms with Crippen molar-refractivity contribution in [2.75, 3.05) is 0 Å². The standard InChI is InChI=1S/C28H37.C20H21.C2H7Si.2ClH.Zr/c1-18-11-19-13-23(28(8,9)10)17-25(24(19)12-18)20-14-21(26(2,3)4)16-22(15-20)27(5,6)7;1-14-12-16-6-5-7-18(19(16)13-14)15-8-10-17(11-9-15)20(2,3)4;1-3-2;;;/h11-17H,1-10H3;5-13H,1-4H3;3H,1-2H3;2*1H;/q;;;;;+2/p-2. The van der Waals surface area contributed by atoms with E-state index in [1.807, 2.05) is 0 Å². The fourth-order valence-electron chi connectivity index (χ4n) is 9.20. The molecule has 0 nitrogen and oxygen atoms in total. The molecule has 0 radical (unpaired) electrons. The third-order valence-electron chi connectivity index (χ3n) is 12.7. The van der Waals surface area contributed by atoms with Gasteiger partial charge in [-0.1, -0.05) is 0 Å². The molecule has 0 amide bonds. The van der Waals surface area contributed by atoms with Gasteiger partial charge >= 0.3 is 340 Å². The van der Waals surface area contributed by atoms with E-state index in [4.69, 9.17) is 17.0 Å². The molecular formula is C50H65Cl2SiZr. The van der Waals surface area contributed by atoms with Gasteiger partial charge in [-0.05, 0) is 0 Å². The SMILES string of the molecule is CC1=Cc2c(-c3ccc(C(C)(C)C)cc3)cccc2[CH]1[Zr]([Cl])([Cl])([CH]1C(C)=Cc2c(-c3cc(C(C)(C)C)cc(C(C)(C)C)c3)cc(C(C)(C)C)cc21)[SiH](C)C. The van der Waals surface area contributed by atoms with Crippen molar-refractivity contribution < 1.29 is 15.6 Å². The molecule has 4 heteroatoms. The van der Waals surface area contributed by atoms with E-state index in [9.17, 15) is 0 Å². The molecule has 0 fully saturated rings. The Morgan fingerprint density at radius 1 is 0.481 bits per heavy atom. The van der Waals surface area contributed by atoms with E-state index in [2.05, 4.69) is 195 Å². The van der Waals surface area contributed by atoms with Gasteiger partial charge in [0.05, 0.1) is 0 Å². The average Bonchev–Trinajstić information content (AvgIpc) is 3.59. The molecule has 4 aromatic carbocycles. The van der Waals surface area contributed by atoms with Gasteiger partial charge in [0, 0.05) is 0 Å². The average molecular weight is 856 g/mol. The third-order valence-corrected chi connectivity index (χ3v) is 65.0. The van der Waals surface area contributed by atoms with Crippen molar-refractivity contribution in [3.8, 4) is 22.3 Å². The van der Waals surface area contributed by atoms with Gasteiger partial charge in [-0.3, -0.25) is 0 Å². The summed E-state index contributed by atoms with van der Waals surface area (Å²) in [6.45, 7) is 37.4. The summed E-state index contributed by atoms with van der Waals surface area (Å²) in [5.41, 5.74) is 18.7. The van der Waals surface area contributed by atoms with E-state index in [0.29, 0.717) is 0 Å². The van der Waals surface area contributed by atoms with Gasteiger partial charge in [-0.2, -0.15) is 0 Å². The number of halogens is 2. The second kappa shape index (κ2) is 13.6. The van der Waals surface area contributed by atoms with E-state index in [1.54, 1.807) is 0 Å². The molecule has 0 spiro atoms. The van der Waals surface area contributed by atoms with Crippen LogP contribution >= 0.6 is 17.0 Å². The van der Waals surface area contributed by atoms with Gasteiger partial charge in [0.25, 0.3) is 0 Å². The van der Waals surface area contributed by atoms with Gasteiger partial charge in [-0.15, -0.1) is 0 Å². The predicted molar refractivity (Wildman–Crippen MR) is 242 cm³/mol. The van der Waals surface area contributed by atoms with Crippen LogP contribution < -0.4 is 0 Å². The fourth-order valence-corrected chi connectivity index (χ4v) is 42.1. The van der Waals surface area contributed by atoms with Gasteiger partial charge in [0.15, 0.2) is 0 Å². The molecule has 287 valence electrons. The minimum absolute atomic E-state index is 0.0213. The first kappa shape index (κ1) is 41.7. The van der Waals surface area contributed by atoms with Crippen molar-refractivity contribution in [3.05, 3.63) is 128 Å². The first-order chi connectivity index (χ1) is 24.6. The normalized spacial score (nSPS) is 18.6. The van der Waals surface area contributed by atoms with Gasteiger partial charge in [0.2, 0.25) is 0 Å². The Hall–Kier alpha value is -1.96. The zero-order valence-electron chi connectivity index (χ0n) is 36.1. The molecule has 0 saturated heterocycles. The Kier molecular flexibility index (Phi) is 10.5. The molecule has 0 saturated carbocycles. The summed E-state index contributed by atoms with van der Waals surface area (Å²) in [6.07, 6.45) is 4.90. The Balaban J connectivity index is 1.59. The molecule has 54 heavy (non-hydrogen) atoms. The molecule has 0 heterocycles. The van der Waals surface area contributed by atoms with E-state index in [-0.39, 0.29) is 28.9 Å². The summed E-state index contributed by atoms with van der Waals surface area (Å²) < 4.78 is 0.0994. The van der Waals surface area contributed by atoms with Crippen LogP contribution in [0.5, 0.6) is 0 Å². The fraction of sp³-hybridized carbons (Fsp3) is 0.440. The molecule has 0 aromatic heterocycles. The maximum absolute atomic E-state index is 8.75. The summed E-state index contributed by atoms with van der Waals surface area (Å²) in [6, 6.07) is 28.4. The predicted octanol–water partition coefficient (Wildman–Crippen LogP) is 15.8. The molecule has 0 bridgehead atoms. The van der Waals surface area contributed by atoms with Gasteiger partial charge in [-0.25, -0.2) is 0 Å². The van der Waals surface area contributed by atoms with E-state index >= 15 is 0 Å². The number of hydrogen-bond acceptors (Lipinski definition) is 0. The van der Waals surface area contributed by atoms with Crippen molar-refractivity contribution in [2.45, 2.75) is 139 Å². The number of allylic oxidation sites excluding steroid dienone is 2. The molecule has 2 aliphatic rings. The van der Waals surface area contributed by atoms with Crippen molar-refractivity contribution in [1.82, 2.24) is 0 Å². The van der Waals surface area contributed by atoms with Crippen LogP contribution in [0.1, 0.15) is 149 Å². The van der Waals surface area contributed by atoms with Crippen molar-refractivity contribution in [1.29, 1.82) is 0 Å². The van der Waals surface area contributed by atoms with Crippen LogP contribution in [0.2, 0.25) is 13.1 Å². The van der Waals surface area contributed by atoms with Crippen LogP contribution in [-0.4, -0.2) is 5.92 Å². The van der Waals surface area contributed by atoms with Gasteiger partial charge < -0.3 is 0 Å². The molecule has 2 unspecified atom stereocenters. The van der Waals surface area contributed by atoms with Crippen LogP contribution in [0.3, 0.4) is 0 Å². The Morgan fingerprint density at radius 2 is 0.926 bits per heavy atom. The van der Waals surface area contributed by atoms with Crippen LogP contribution in [0.15, 0.2) is 83.9 Å². The molecular weight excluding hydrogens is 791 g/mol. The van der Waals surface area contributed by atoms with Crippen molar-refractivity contribution in [2.24, 2.45) is 0 Å². The van der Waals surface area contributed by atoms with Crippen LogP contribution in [0, 0.1) is 0 Å². The molecule has 6 rings (SSSR count). The summed E-state index contributed by atoms with van der Waals surface area (Å²) in [7, 11) is 17.5. The molecule has 4 aromatic rings. The van der Waals surface area contributed by atoms with Crippen LogP contribution in [0.25, 0.3) is 34.4 Å². The summed E-state index contributed by atoms with van der Waals surface area (Å²) >= 11 is -4.90. The Labute approximate surface area is 337 Å². The Morgan fingerprint density at radius 3 is 1.39 bits per heavy atom. The number of hydrogen-bond donors (Lipinski definition) is 0. The van der Waals surface area contributed by atoms with Gasteiger partial charge in [0.1, 0.15) is 0 Å². The molecule has 2 aliphatic carbocycles. The summed E-state index contributed by atoms with van der Waals surface area (Å²) in [5.74, 6) is -1.68. The van der Waals surface area contributed by atoms with Crippen molar-refractivity contribution >= 4 is 35.1 Å². The molecule has 0 N–H and O–H groups in total. The second-order valence-electron chi connectivity index (χ2n) is 21.2. The van der Waals surface area contributed by atoms with E-state index in [0.717, 1.165) is 0 Å². The topological polar surface area (TPSA) is 0 Å². The summed E-state index contributed by atoms with van der Waals surface area (Å²) in [4.78, 5) is 0. The quantitative estimate of drug-likeness (QED) is 0.175. The third kappa shape index (κ3) is 7.12. The first-order valence-corrected chi connectivity index (χ1v) is 36.5. The number of benzene rings is 4. The van der Waals surface area contributed by atoms with Crippen LogP contribution in [-0.2, 0) is 37.2 Å². The minimum atomic E-state index is -4.90. The number of fused-ring (bicyclic) bond motifs is 2. The zero-order valence-corrected chi connectivity index (χ0v) is 41.2. The number of rotatable bonds is 5. The maximum atomic E-state index is 8.75. The van der Waals surface area contributed by atoms with Crippen LogP contribution in [0.4, 0.5) is 0 Å².